The van der Waals surface area contributed by atoms with Gasteiger partial charge in [0, 0.05) is 17.3 Å². The first-order valence-corrected chi connectivity index (χ1v) is 8.53. The molecule has 0 amide bonds. The number of hydrogen-bond donors (Lipinski definition) is 2. The summed E-state index contributed by atoms with van der Waals surface area (Å²) < 4.78 is 30.8. The molecule has 2 aromatic heterocycles. The lowest BCUT2D eigenvalue weighted by molar-refractivity contribution is -0.00880. The summed E-state index contributed by atoms with van der Waals surface area (Å²) >= 11 is 0. The lowest BCUT2D eigenvalue weighted by Crippen LogP contribution is -2.38. The molecule has 7 nitrogen and oxygen atoms in total. The fraction of sp³-hybridized carbons (Fsp3) is 0.211. The van der Waals surface area contributed by atoms with Gasteiger partial charge in [-0.2, -0.15) is 10.2 Å². The van der Waals surface area contributed by atoms with Gasteiger partial charge in [-0.05, 0) is 25.1 Å². The van der Waals surface area contributed by atoms with E-state index in [0.29, 0.717) is 16.6 Å². The van der Waals surface area contributed by atoms with E-state index >= 15 is 0 Å². The molecule has 0 fully saturated rings. The summed E-state index contributed by atoms with van der Waals surface area (Å²) in [6.45, 7) is 1.47. The largest absolute Gasteiger partial charge is 0.507 e. The average Bonchev–Trinajstić information content (AvgIpc) is 3.23. The Labute approximate surface area is 158 Å². The first-order chi connectivity index (χ1) is 13.4. The standard InChI is InChI=1S/C19H17F2N5O2/c1-12-18-16(3-2-4-17(18)27)24-26(12)9-19(28,8-25-11-22-10-23-25)14-6-5-13(20)7-15(14)21/h2-7,10-11,27-28H,8-9H2,1H3. The van der Waals surface area contributed by atoms with Crippen LogP contribution in [0.3, 0.4) is 0 Å². The number of hydrogen-bond acceptors (Lipinski definition) is 5. The highest BCUT2D eigenvalue weighted by molar-refractivity contribution is 5.87. The number of aromatic nitrogens is 5. The number of halogens is 2. The van der Waals surface area contributed by atoms with Crippen LogP contribution < -0.4 is 0 Å². The molecule has 0 aliphatic rings. The van der Waals surface area contributed by atoms with Gasteiger partial charge >= 0.3 is 0 Å². The SMILES string of the molecule is Cc1c2c(O)cccc2nn1CC(O)(Cn1cncn1)c1ccc(F)cc1F. The maximum atomic E-state index is 14.5. The summed E-state index contributed by atoms with van der Waals surface area (Å²) in [6, 6.07) is 7.95. The summed E-state index contributed by atoms with van der Waals surface area (Å²) in [4.78, 5) is 3.84. The van der Waals surface area contributed by atoms with E-state index in [1.807, 2.05) is 0 Å². The monoisotopic (exact) mass is 385 g/mol. The van der Waals surface area contributed by atoms with E-state index in [4.69, 9.17) is 0 Å². The average molecular weight is 385 g/mol. The zero-order chi connectivity index (χ0) is 19.9. The van der Waals surface area contributed by atoms with Gasteiger partial charge in [-0.15, -0.1) is 0 Å². The van der Waals surface area contributed by atoms with Gasteiger partial charge in [-0.1, -0.05) is 12.1 Å². The van der Waals surface area contributed by atoms with Crippen molar-refractivity contribution >= 4 is 10.9 Å². The minimum Gasteiger partial charge on any atom is -0.507 e. The van der Waals surface area contributed by atoms with E-state index in [1.54, 1.807) is 25.1 Å². The molecule has 1 atom stereocenters. The minimum atomic E-state index is -1.80. The number of aromatic hydroxyl groups is 1. The summed E-state index contributed by atoms with van der Waals surface area (Å²) in [5.74, 6) is -1.55. The number of aliphatic hydroxyl groups is 1. The second kappa shape index (κ2) is 6.68. The Morgan fingerprint density at radius 1 is 1.14 bits per heavy atom. The third-order valence-electron chi connectivity index (χ3n) is 4.73. The smallest absolute Gasteiger partial charge is 0.137 e. The molecule has 0 aliphatic heterocycles. The van der Waals surface area contributed by atoms with Crippen molar-refractivity contribution in [3.63, 3.8) is 0 Å². The van der Waals surface area contributed by atoms with Gasteiger partial charge in [-0.25, -0.2) is 18.4 Å². The number of nitrogens with zero attached hydrogens (tertiary/aromatic N) is 5. The zero-order valence-electron chi connectivity index (χ0n) is 14.9. The highest BCUT2D eigenvalue weighted by Crippen LogP contribution is 2.32. The number of aryl methyl sites for hydroxylation is 1. The summed E-state index contributed by atoms with van der Waals surface area (Å²) in [5.41, 5.74) is -0.742. The Morgan fingerprint density at radius 2 is 1.96 bits per heavy atom. The molecule has 0 saturated heterocycles. The molecule has 0 saturated carbocycles. The third-order valence-corrected chi connectivity index (χ3v) is 4.73. The Balaban J connectivity index is 1.82. The Kier molecular flexibility index (Phi) is 4.31. The number of benzene rings is 2. The van der Waals surface area contributed by atoms with Crippen LogP contribution in [-0.2, 0) is 18.7 Å². The summed E-state index contributed by atoms with van der Waals surface area (Å²) in [5, 5.41) is 30.5. The van der Waals surface area contributed by atoms with Crippen molar-refractivity contribution in [2.75, 3.05) is 0 Å². The van der Waals surface area contributed by atoms with Gasteiger partial charge < -0.3 is 10.2 Å². The van der Waals surface area contributed by atoms with Crippen molar-refractivity contribution in [3.05, 3.63) is 71.9 Å². The zero-order valence-corrected chi connectivity index (χ0v) is 14.9. The second-order valence-corrected chi connectivity index (χ2v) is 6.66. The van der Waals surface area contributed by atoms with Gasteiger partial charge in [0.1, 0.15) is 35.6 Å². The van der Waals surface area contributed by atoms with Crippen LogP contribution in [0.4, 0.5) is 8.78 Å². The van der Waals surface area contributed by atoms with Crippen LogP contribution in [0, 0.1) is 18.6 Å². The molecule has 0 radical (unpaired) electrons. The molecule has 4 aromatic rings. The molecule has 0 bridgehead atoms. The van der Waals surface area contributed by atoms with Crippen molar-refractivity contribution in [1.29, 1.82) is 0 Å². The molecule has 9 heteroatoms. The topological polar surface area (TPSA) is 89.0 Å². The van der Waals surface area contributed by atoms with E-state index < -0.39 is 17.2 Å². The van der Waals surface area contributed by atoms with Crippen LogP contribution >= 0.6 is 0 Å². The van der Waals surface area contributed by atoms with E-state index in [-0.39, 0.29) is 24.4 Å². The fourth-order valence-electron chi connectivity index (χ4n) is 3.39. The Morgan fingerprint density at radius 3 is 2.64 bits per heavy atom. The van der Waals surface area contributed by atoms with Crippen LogP contribution in [-0.4, -0.2) is 34.8 Å². The number of phenols is 1. The lowest BCUT2D eigenvalue weighted by atomic mass is 9.92. The maximum absolute atomic E-state index is 14.5. The van der Waals surface area contributed by atoms with Crippen molar-refractivity contribution in [3.8, 4) is 5.75 Å². The molecule has 1 unspecified atom stereocenters. The van der Waals surface area contributed by atoms with Crippen LogP contribution in [0.5, 0.6) is 5.75 Å². The first kappa shape index (κ1) is 18.1. The van der Waals surface area contributed by atoms with Gasteiger partial charge in [-0.3, -0.25) is 4.68 Å². The molecule has 0 aliphatic carbocycles. The fourth-order valence-corrected chi connectivity index (χ4v) is 3.39. The number of fused-ring (bicyclic) bond motifs is 1. The van der Waals surface area contributed by atoms with E-state index in [1.165, 1.54) is 28.1 Å². The van der Waals surface area contributed by atoms with Crippen molar-refractivity contribution < 1.29 is 19.0 Å². The predicted molar refractivity (Wildman–Crippen MR) is 96.4 cm³/mol. The molecular formula is C19H17F2N5O2. The van der Waals surface area contributed by atoms with Crippen LogP contribution in [0.1, 0.15) is 11.3 Å². The highest BCUT2D eigenvalue weighted by Gasteiger charge is 2.35. The Hall–Kier alpha value is -3.33. The maximum Gasteiger partial charge on any atom is 0.137 e. The molecule has 144 valence electrons. The van der Waals surface area contributed by atoms with Crippen LogP contribution in [0.2, 0.25) is 0 Å². The van der Waals surface area contributed by atoms with Gasteiger partial charge in [0.15, 0.2) is 0 Å². The van der Waals surface area contributed by atoms with Crippen molar-refractivity contribution in [2.45, 2.75) is 25.6 Å². The predicted octanol–water partition coefficient (Wildman–Crippen LogP) is 2.51. The quantitative estimate of drug-likeness (QED) is 0.551. The normalized spacial score (nSPS) is 13.7. The van der Waals surface area contributed by atoms with E-state index in [9.17, 15) is 19.0 Å². The summed E-state index contributed by atoms with van der Waals surface area (Å²) in [7, 11) is 0. The van der Waals surface area contributed by atoms with Gasteiger partial charge in [0.05, 0.1) is 24.0 Å². The molecule has 2 aromatic carbocycles. The van der Waals surface area contributed by atoms with Crippen LogP contribution in [0.15, 0.2) is 49.1 Å². The van der Waals surface area contributed by atoms with Crippen LogP contribution in [0.25, 0.3) is 10.9 Å². The molecule has 28 heavy (non-hydrogen) atoms. The molecule has 0 spiro atoms. The van der Waals surface area contributed by atoms with E-state index in [2.05, 4.69) is 15.2 Å². The van der Waals surface area contributed by atoms with Gasteiger partial charge in [0.2, 0.25) is 0 Å². The highest BCUT2D eigenvalue weighted by atomic mass is 19.1. The second-order valence-electron chi connectivity index (χ2n) is 6.66. The molecule has 4 rings (SSSR count). The van der Waals surface area contributed by atoms with Gasteiger partial charge in [0.25, 0.3) is 0 Å². The molecular weight excluding hydrogens is 368 g/mol. The molecule has 2 N–H and O–H groups in total. The summed E-state index contributed by atoms with van der Waals surface area (Å²) in [6.07, 6.45) is 2.69. The van der Waals surface area contributed by atoms with Crippen molar-refractivity contribution in [2.24, 2.45) is 0 Å². The minimum absolute atomic E-state index is 0.0639. The molecule has 2 heterocycles. The number of rotatable bonds is 5. The first-order valence-electron chi connectivity index (χ1n) is 8.53. The van der Waals surface area contributed by atoms with Crippen molar-refractivity contribution in [1.82, 2.24) is 24.5 Å². The van der Waals surface area contributed by atoms with E-state index in [0.717, 1.165) is 12.1 Å². The Bertz CT molecular complexity index is 1140. The number of phenolic OH excluding ortho intramolecular Hbond substituents is 1. The lowest BCUT2D eigenvalue weighted by Gasteiger charge is -2.29. The third kappa shape index (κ3) is 3.09.